The van der Waals surface area contributed by atoms with Gasteiger partial charge in [0.1, 0.15) is 11.5 Å². The Labute approximate surface area is 303 Å². The first-order valence-corrected chi connectivity index (χ1v) is 17.8. The molecule has 1 aliphatic heterocycles. The third kappa shape index (κ3) is 5.21. The first-order valence-electron chi connectivity index (χ1n) is 17.8. The predicted molar refractivity (Wildman–Crippen MR) is 218 cm³/mol. The number of rotatable bonds is 6. The van der Waals surface area contributed by atoms with E-state index in [4.69, 9.17) is 4.74 Å². The van der Waals surface area contributed by atoms with E-state index < -0.39 is 0 Å². The third-order valence-electron chi connectivity index (χ3n) is 10.2. The molecule has 0 bridgehead atoms. The predicted octanol–water partition coefficient (Wildman–Crippen LogP) is 14.2. The van der Waals surface area contributed by atoms with Crippen molar-refractivity contribution < 1.29 is 4.74 Å². The van der Waals surface area contributed by atoms with Crippen molar-refractivity contribution >= 4 is 38.6 Å². The average Bonchev–Trinajstić information content (AvgIpc) is 3.22. The van der Waals surface area contributed by atoms with Gasteiger partial charge in [0, 0.05) is 27.7 Å². The monoisotopic (exact) mass is 663 g/mol. The van der Waals surface area contributed by atoms with E-state index in [1.165, 1.54) is 49.5 Å². The fraction of sp³-hybridized carbons (Fsp3) is 0. The molecule has 0 N–H and O–H groups in total. The van der Waals surface area contributed by atoms with Crippen LogP contribution in [0.25, 0.3) is 66.1 Å². The summed E-state index contributed by atoms with van der Waals surface area (Å²) in [6.45, 7) is 0. The van der Waals surface area contributed by atoms with Crippen LogP contribution < -0.4 is 9.64 Å². The number of para-hydroxylation sites is 1. The topological polar surface area (TPSA) is 12.5 Å². The highest BCUT2D eigenvalue weighted by molar-refractivity contribution is 6.06. The van der Waals surface area contributed by atoms with Crippen LogP contribution in [0.15, 0.2) is 200 Å². The minimum Gasteiger partial charge on any atom is -0.456 e. The summed E-state index contributed by atoms with van der Waals surface area (Å²) in [6, 6.07) is 71.8. The largest absolute Gasteiger partial charge is 0.456 e. The molecule has 1 aliphatic rings. The molecule has 0 aromatic heterocycles. The summed E-state index contributed by atoms with van der Waals surface area (Å²) < 4.78 is 6.33. The number of hydrogen-bond acceptors (Lipinski definition) is 2. The van der Waals surface area contributed by atoms with Gasteiger partial charge in [0.05, 0.1) is 5.69 Å². The molecule has 0 radical (unpaired) electrons. The SMILES string of the molecule is c1ccc(-c2ccc(-c3ccc(N(c4cccc(-c5cc6c7c(cccc7c5)Oc5ccccc5-6)c4)c4cccc5ccccc45)cc3)cc2)cc1. The minimum atomic E-state index is 0.895. The molecule has 0 saturated heterocycles. The Morgan fingerprint density at radius 3 is 1.75 bits per heavy atom. The van der Waals surface area contributed by atoms with Gasteiger partial charge < -0.3 is 9.64 Å². The number of benzene rings is 9. The summed E-state index contributed by atoms with van der Waals surface area (Å²) in [4.78, 5) is 2.39. The normalized spacial score (nSPS) is 11.6. The number of anilines is 3. The lowest BCUT2D eigenvalue weighted by Gasteiger charge is -2.28. The van der Waals surface area contributed by atoms with Crippen molar-refractivity contribution in [2.24, 2.45) is 0 Å². The highest BCUT2D eigenvalue weighted by atomic mass is 16.5. The van der Waals surface area contributed by atoms with Crippen LogP contribution in [0.3, 0.4) is 0 Å². The molecule has 9 aromatic carbocycles. The molecule has 0 unspecified atom stereocenters. The second-order valence-electron chi connectivity index (χ2n) is 13.4. The van der Waals surface area contributed by atoms with Crippen LogP contribution in [0.5, 0.6) is 11.5 Å². The first kappa shape index (κ1) is 30.0. The summed E-state index contributed by atoms with van der Waals surface area (Å²) in [5.74, 6) is 1.80. The van der Waals surface area contributed by atoms with E-state index in [1.807, 2.05) is 6.07 Å². The van der Waals surface area contributed by atoms with Crippen LogP contribution in [0.4, 0.5) is 17.1 Å². The summed E-state index contributed by atoms with van der Waals surface area (Å²) in [5, 5.41) is 4.74. The van der Waals surface area contributed by atoms with Crippen LogP contribution in [0, 0.1) is 0 Å². The Morgan fingerprint density at radius 2 is 0.923 bits per heavy atom. The van der Waals surface area contributed by atoms with Crippen LogP contribution in [-0.4, -0.2) is 0 Å². The van der Waals surface area contributed by atoms with Gasteiger partial charge in [-0.05, 0) is 104 Å². The number of nitrogens with zero attached hydrogens (tertiary/aromatic N) is 1. The van der Waals surface area contributed by atoms with E-state index >= 15 is 0 Å². The van der Waals surface area contributed by atoms with Crippen LogP contribution in [0.1, 0.15) is 0 Å². The van der Waals surface area contributed by atoms with Gasteiger partial charge in [0.2, 0.25) is 0 Å². The zero-order valence-corrected chi connectivity index (χ0v) is 28.4. The van der Waals surface area contributed by atoms with Crippen molar-refractivity contribution in [3.8, 4) is 56.0 Å². The maximum Gasteiger partial charge on any atom is 0.135 e. The Morgan fingerprint density at radius 1 is 0.327 bits per heavy atom. The Bertz CT molecular complexity index is 2740. The van der Waals surface area contributed by atoms with E-state index in [9.17, 15) is 0 Å². The molecule has 2 nitrogen and oxygen atoms in total. The standard InChI is InChI=1S/C50H33NO/c1-2-11-34(12-3-1)35-23-25-36(26-24-35)37-27-29-42(30-28-37)51(47-20-9-14-38-13-4-5-18-44(38)47)43-17-8-15-39(32-43)41-31-40-16-10-22-49-50(40)46(33-41)45-19-6-7-21-48(45)52-49/h1-33H. The van der Waals surface area contributed by atoms with Crippen LogP contribution in [-0.2, 0) is 0 Å². The molecule has 0 atom stereocenters. The van der Waals surface area contributed by atoms with Gasteiger partial charge in [-0.2, -0.15) is 0 Å². The maximum atomic E-state index is 6.33. The molecule has 244 valence electrons. The molecule has 0 saturated carbocycles. The Hall–Kier alpha value is -6.90. The quantitative estimate of drug-likeness (QED) is 0.176. The minimum absolute atomic E-state index is 0.895. The molecule has 1 heterocycles. The fourth-order valence-electron chi connectivity index (χ4n) is 7.70. The highest BCUT2D eigenvalue weighted by Crippen LogP contribution is 2.48. The molecule has 0 fully saturated rings. The van der Waals surface area contributed by atoms with Crippen LogP contribution >= 0.6 is 0 Å². The lowest BCUT2D eigenvalue weighted by molar-refractivity contribution is 0.487. The van der Waals surface area contributed by atoms with Crippen molar-refractivity contribution in [2.75, 3.05) is 4.90 Å². The van der Waals surface area contributed by atoms with Crippen molar-refractivity contribution in [2.45, 2.75) is 0 Å². The summed E-state index contributed by atoms with van der Waals surface area (Å²) in [7, 11) is 0. The molecule has 2 heteroatoms. The molecule has 0 spiro atoms. The van der Waals surface area contributed by atoms with Gasteiger partial charge in [0.15, 0.2) is 0 Å². The summed E-state index contributed by atoms with van der Waals surface area (Å²) in [6.07, 6.45) is 0. The Balaban J connectivity index is 1.08. The van der Waals surface area contributed by atoms with Gasteiger partial charge >= 0.3 is 0 Å². The molecule has 52 heavy (non-hydrogen) atoms. The molecular weight excluding hydrogens is 631 g/mol. The lowest BCUT2D eigenvalue weighted by Crippen LogP contribution is -2.10. The molecule has 0 amide bonds. The summed E-state index contributed by atoms with van der Waals surface area (Å²) >= 11 is 0. The molecule has 10 rings (SSSR count). The van der Waals surface area contributed by atoms with E-state index in [2.05, 4.69) is 199 Å². The van der Waals surface area contributed by atoms with E-state index in [-0.39, 0.29) is 0 Å². The van der Waals surface area contributed by atoms with Crippen molar-refractivity contribution in [1.82, 2.24) is 0 Å². The second-order valence-corrected chi connectivity index (χ2v) is 13.4. The number of ether oxygens (including phenoxy) is 1. The van der Waals surface area contributed by atoms with Crippen molar-refractivity contribution in [1.29, 1.82) is 0 Å². The van der Waals surface area contributed by atoms with Gasteiger partial charge in [-0.25, -0.2) is 0 Å². The highest BCUT2D eigenvalue weighted by Gasteiger charge is 2.21. The Kier molecular flexibility index (Phi) is 7.18. The zero-order valence-electron chi connectivity index (χ0n) is 28.4. The van der Waals surface area contributed by atoms with Gasteiger partial charge in [-0.15, -0.1) is 0 Å². The van der Waals surface area contributed by atoms with Gasteiger partial charge in [0.25, 0.3) is 0 Å². The smallest absolute Gasteiger partial charge is 0.135 e. The lowest BCUT2D eigenvalue weighted by atomic mass is 9.90. The molecule has 9 aromatic rings. The maximum absolute atomic E-state index is 6.33. The summed E-state index contributed by atoms with van der Waals surface area (Å²) in [5.41, 5.74) is 12.8. The first-order chi connectivity index (χ1) is 25.8. The van der Waals surface area contributed by atoms with Gasteiger partial charge in [-0.3, -0.25) is 0 Å². The van der Waals surface area contributed by atoms with Crippen molar-refractivity contribution in [3.63, 3.8) is 0 Å². The number of fused-ring (bicyclic) bond motifs is 3. The van der Waals surface area contributed by atoms with E-state index in [1.54, 1.807) is 0 Å². The fourth-order valence-corrected chi connectivity index (χ4v) is 7.70. The third-order valence-corrected chi connectivity index (χ3v) is 10.2. The average molecular weight is 664 g/mol. The zero-order chi connectivity index (χ0) is 34.4. The molecular formula is C50H33NO. The van der Waals surface area contributed by atoms with Gasteiger partial charge in [-0.1, -0.05) is 146 Å². The van der Waals surface area contributed by atoms with Crippen molar-refractivity contribution in [3.05, 3.63) is 200 Å². The van der Waals surface area contributed by atoms with Crippen LogP contribution in [0.2, 0.25) is 0 Å². The second kappa shape index (κ2) is 12.5. The molecule has 0 aliphatic carbocycles. The van der Waals surface area contributed by atoms with E-state index in [0.29, 0.717) is 0 Å². The van der Waals surface area contributed by atoms with E-state index in [0.717, 1.165) is 45.1 Å². The number of hydrogen-bond donors (Lipinski definition) is 0.